The molecular weight excluding hydrogens is 328 g/mol. The van der Waals surface area contributed by atoms with Crippen LogP contribution in [-0.2, 0) is 16.0 Å². The molecule has 0 heterocycles. The fourth-order valence-electron chi connectivity index (χ4n) is 2.50. The molecular formula is C21H34N2O3. The van der Waals surface area contributed by atoms with Crippen LogP contribution in [0, 0.1) is 5.92 Å². The summed E-state index contributed by atoms with van der Waals surface area (Å²) >= 11 is 0. The molecule has 1 aromatic carbocycles. The van der Waals surface area contributed by atoms with E-state index >= 15 is 0 Å². The van der Waals surface area contributed by atoms with Crippen LogP contribution in [0.15, 0.2) is 30.3 Å². The highest BCUT2D eigenvalue weighted by Crippen LogP contribution is 2.11. The van der Waals surface area contributed by atoms with Crippen LogP contribution >= 0.6 is 0 Å². The normalized spacial score (nSPS) is 14.8. The van der Waals surface area contributed by atoms with Gasteiger partial charge in [-0.25, -0.2) is 4.79 Å². The predicted octanol–water partition coefficient (Wildman–Crippen LogP) is 4.06. The number of hydrogen-bond acceptors (Lipinski definition) is 3. The molecule has 2 amide bonds. The van der Waals surface area contributed by atoms with Crippen LogP contribution in [0.5, 0.6) is 0 Å². The smallest absolute Gasteiger partial charge is 0.408 e. The third-order valence-corrected chi connectivity index (χ3v) is 4.44. The third-order valence-electron chi connectivity index (χ3n) is 4.44. The second-order valence-corrected chi connectivity index (χ2v) is 7.91. The van der Waals surface area contributed by atoms with Crippen molar-refractivity contribution in [2.45, 2.75) is 78.5 Å². The lowest BCUT2D eigenvalue weighted by atomic mass is 9.99. The second kappa shape index (κ2) is 10.2. The zero-order chi connectivity index (χ0) is 19.7. The Hall–Kier alpha value is -2.04. The first-order valence-corrected chi connectivity index (χ1v) is 9.46. The molecule has 0 aromatic heterocycles. The number of aryl methyl sites for hydroxylation is 1. The Kier molecular flexibility index (Phi) is 8.62. The van der Waals surface area contributed by atoms with Crippen molar-refractivity contribution in [2.24, 2.45) is 5.92 Å². The molecule has 0 spiro atoms. The molecule has 0 aliphatic heterocycles. The Morgan fingerprint density at radius 3 is 2.23 bits per heavy atom. The van der Waals surface area contributed by atoms with Crippen LogP contribution < -0.4 is 10.6 Å². The number of hydrogen-bond donors (Lipinski definition) is 2. The van der Waals surface area contributed by atoms with Crippen molar-refractivity contribution in [1.29, 1.82) is 0 Å². The Morgan fingerprint density at radius 2 is 1.69 bits per heavy atom. The first kappa shape index (κ1) is 22.0. The Bertz CT molecular complexity index is 566. The van der Waals surface area contributed by atoms with Crippen molar-refractivity contribution in [3.8, 4) is 0 Å². The molecule has 26 heavy (non-hydrogen) atoms. The number of benzene rings is 1. The molecule has 5 nitrogen and oxygen atoms in total. The summed E-state index contributed by atoms with van der Waals surface area (Å²) in [5.41, 5.74) is 0.528. The maximum atomic E-state index is 12.7. The summed E-state index contributed by atoms with van der Waals surface area (Å²) in [7, 11) is 0. The van der Waals surface area contributed by atoms with Gasteiger partial charge in [0.2, 0.25) is 5.91 Å². The maximum absolute atomic E-state index is 12.7. The number of rotatable bonds is 8. The Labute approximate surface area is 157 Å². The lowest BCUT2D eigenvalue weighted by molar-refractivity contribution is -0.124. The SMILES string of the molecule is CCC(C)C(C)NC(=O)[C@H](CCc1ccccc1)NC(=O)OC(C)(C)C. The predicted molar refractivity (Wildman–Crippen MR) is 105 cm³/mol. The van der Waals surface area contributed by atoms with Crippen LogP contribution in [0.3, 0.4) is 0 Å². The summed E-state index contributed by atoms with van der Waals surface area (Å²) in [6, 6.07) is 9.35. The number of carbonyl (C=O) groups excluding carboxylic acids is 2. The summed E-state index contributed by atoms with van der Waals surface area (Å²) in [6.45, 7) is 11.6. The minimum absolute atomic E-state index is 0.0483. The van der Waals surface area contributed by atoms with Gasteiger partial charge in [-0.15, -0.1) is 0 Å². The van der Waals surface area contributed by atoms with Crippen LogP contribution in [0.2, 0.25) is 0 Å². The van der Waals surface area contributed by atoms with Crippen molar-refractivity contribution in [1.82, 2.24) is 10.6 Å². The fraction of sp³-hybridized carbons (Fsp3) is 0.619. The van der Waals surface area contributed by atoms with E-state index in [0.717, 1.165) is 12.0 Å². The Morgan fingerprint density at radius 1 is 1.08 bits per heavy atom. The van der Waals surface area contributed by atoms with E-state index in [1.54, 1.807) is 20.8 Å². The zero-order valence-corrected chi connectivity index (χ0v) is 17.0. The first-order chi connectivity index (χ1) is 12.1. The van der Waals surface area contributed by atoms with Crippen molar-refractivity contribution in [3.63, 3.8) is 0 Å². The van der Waals surface area contributed by atoms with E-state index in [9.17, 15) is 9.59 Å². The van der Waals surface area contributed by atoms with Crippen molar-refractivity contribution >= 4 is 12.0 Å². The van der Waals surface area contributed by atoms with E-state index in [1.165, 1.54) is 0 Å². The van der Waals surface area contributed by atoms with E-state index in [-0.39, 0.29) is 11.9 Å². The number of alkyl carbamates (subject to hydrolysis) is 1. The van der Waals surface area contributed by atoms with Crippen molar-refractivity contribution in [3.05, 3.63) is 35.9 Å². The van der Waals surface area contributed by atoms with Gasteiger partial charge in [0.25, 0.3) is 0 Å². The standard InChI is InChI=1S/C21H34N2O3/c1-7-15(2)16(3)22-19(24)18(23-20(25)26-21(4,5)6)14-13-17-11-9-8-10-12-17/h8-12,15-16,18H,7,13-14H2,1-6H3,(H,22,24)(H,23,25)/t15?,16?,18-/m0/s1. The van der Waals surface area contributed by atoms with Gasteiger partial charge in [-0.05, 0) is 52.0 Å². The van der Waals surface area contributed by atoms with E-state index in [2.05, 4.69) is 24.5 Å². The average molecular weight is 363 g/mol. The summed E-state index contributed by atoms with van der Waals surface area (Å²) in [6.07, 6.45) is 1.63. The van der Waals surface area contributed by atoms with Gasteiger partial charge in [0.1, 0.15) is 11.6 Å². The van der Waals surface area contributed by atoms with Crippen LogP contribution in [0.25, 0.3) is 0 Å². The molecule has 1 aromatic rings. The molecule has 0 saturated heterocycles. The van der Waals surface area contributed by atoms with Crippen LogP contribution in [-0.4, -0.2) is 29.7 Å². The van der Waals surface area contributed by atoms with Gasteiger partial charge in [0.05, 0.1) is 0 Å². The van der Waals surface area contributed by atoms with Gasteiger partial charge in [0, 0.05) is 6.04 Å². The highest BCUT2D eigenvalue weighted by molar-refractivity contribution is 5.85. The number of amides is 2. The molecule has 0 aliphatic carbocycles. The topological polar surface area (TPSA) is 67.4 Å². The van der Waals surface area contributed by atoms with Crippen LogP contribution in [0.1, 0.15) is 59.9 Å². The van der Waals surface area contributed by atoms with Crippen molar-refractivity contribution < 1.29 is 14.3 Å². The minimum atomic E-state index is -0.628. The molecule has 0 saturated carbocycles. The fourth-order valence-corrected chi connectivity index (χ4v) is 2.50. The van der Waals surface area contributed by atoms with Gasteiger partial charge in [-0.2, -0.15) is 0 Å². The maximum Gasteiger partial charge on any atom is 0.408 e. The quantitative estimate of drug-likeness (QED) is 0.733. The number of ether oxygens (including phenoxy) is 1. The molecule has 5 heteroatoms. The molecule has 0 bridgehead atoms. The second-order valence-electron chi connectivity index (χ2n) is 7.91. The number of nitrogens with one attached hydrogen (secondary N) is 2. The van der Waals surface area contributed by atoms with E-state index in [4.69, 9.17) is 4.74 Å². The molecule has 2 unspecified atom stereocenters. The monoisotopic (exact) mass is 362 g/mol. The van der Waals surface area contributed by atoms with Gasteiger partial charge < -0.3 is 15.4 Å². The van der Waals surface area contributed by atoms with Crippen LogP contribution in [0.4, 0.5) is 4.79 Å². The highest BCUT2D eigenvalue weighted by Gasteiger charge is 2.26. The molecule has 0 aliphatic rings. The largest absolute Gasteiger partial charge is 0.444 e. The summed E-state index contributed by atoms with van der Waals surface area (Å²) in [4.78, 5) is 24.9. The molecule has 0 fully saturated rings. The van der Waals surface area contributed by atoms with Gasteiger partial charge in [-0.3, -0.25) is 4.79 Å². The molecule has 146 valence electrons. The average Bonchev–Trinajstić information content (AvgIpc) is 2.56. The lowest BCUT2D eigenvalue weighted by Gasteiger charge is -2.26. The summed E-state index contributed by atoms with van der Waals surface area (Å²) in [5, 5.41) is 5.76. The number of carbonyl (C=O) groups is 2. The summed E-state index contributed by atoms with van der Waals surface area (Å²) < 4.78 is 5.31. The lowest BCUT2D eigenvalue weighted by Crippen LogP contribution is -2.51. The molecule has 2 N–H and O–H groups in total. The first-order valence-electron chi connectivity index (χ1n) is 9.46. The van der Waals surface area contributed by atoms with E-state index in [0.29, 0.717) is 18.8 Å². The van der Waals surface area contributed by atoms with E-state index in [1.807, 2.05) is 37.3 Å². The van der Waals surface area contributed by atoms with Gasteiger partial charge in [-0.1, -0.05) is 50.6 Å². The van der Waals surface area contributed by atoms with E-state index < -0.39 is 17.7 Å². The zero-order valence-electron chi connectivity index (χ0n) is 17.0. The van der Waals surface area contributed by atoms with Gasteiger partial charge >= 0.3 is 6.09 Å². The summed E-state index contributed by atoms with van der Waals surface area (Å²) in [5.74, 6) is 0.204. The molecule has 1 rings (SSSR count). The molecule has 0 radical (unpaired) electrons. The molecule has 3 atom stereocenters. The van der Waals surface area contributed by atoms with Crippen molar-refractivity contribution in [2.75, 3.05) is 0 Å². The Balaban J connectivity index is 2.76. The minimum Gasteiger partial charge on any atom is -0.444 e. The third kappa shape index (κ3) is 8.37. The highest BCUT2D eigenvalue weighted by atomic mass is 16.6. The van der Waals surface area contributed by atoms with Gasteiger partial charge in [0.15, 0.2) is 0 Å².